The van der Waals surface area contributed by atoms with Crippen LogP contribution in [-0.4, -0.2) is 17.8 Å². The molecule has 0 saturated carbocycles. The lowest BCUT2D eigenvalue weighted by molar-refractivity contribution is 0.520. The van der Waals surface area contributed by atoms with Gasteiger partial charge in [0.05, 0.1) is 6.48 Å². The number of benzene rings is 2. The fraction of sp³-hybridized carbons (Fsp3) is 0.286. The number of hydrogen-bond acceptors (Lipinski definition) is 3. The molecule has 0 aromatic heterocycles. The lowest BCUT2D eigenvalue weighted by atomic mass is 10.1. The summed E-state index contributed by atoms with van der Waals surface area (Å²) in [7, 11) is 0. The molecule has 4 heteroatoms. The van der Waals surface area contributed by atoms with E-state index >= 15 is 0 Å². The molecule has 0 atom stereocenters. The van der Waals surface area contributed by atoms with Gasteiger partial charge in [-0.25, -0.2) is 0 Å². The molecule has 18 heavy (non-hydrogen) atoms. The lowest BCUT2D eigenvalue weighted by Gasteiger charge is -2.31. The average molecular weight is 293 g/mol. The molecule has 3 rings (SSSR count). The summed E-state index contributed by atoms with van der Waals surface area (Å²) in [4.78, 5) is 2.92. The molecule has 0 bridgehead atoms. The fourth-order valence-corrected chi connectivity index (χ4v) is 10.1. The van der Waals surface area contributed by atoms with Crippen LogP contribution in [0.3, 0.4) is 0 Å². The van der Waals surface area contributed by atoms with E-state index in [0.29, 0.717) is 0 Å². The predicted octanol–water partition coefficient (Wildman–Crippen LogP) is 5.61. The molecule has 2 aromatic rings. The van der Waals surface area contributed by atoms with Crippen molar-refractivity contribution in [1.82, 2.24) is 4.67 Å². The molecule has 0 spiro atoms. The Balaban J connectivity index is 2.05. The Kier molecular flexibility index (Phi) is 3.86. The van der Waals surface area contributed by atoms with Crippen molar-refractivity contribution >= 4 is 40.0 Å². The molecule has 0 saturated heterocycles. The second-order valence-corrected chi connectivity index (χ2v) is 10.3. The van der Waals surface area contributed by atoms with E-state index in [9.17, 15) is 0 Å². The molecular weight excluding hydrogens is 277 g/mol. The number of nitrogens with zero attached hydrogens (tertiary/aromatic N) is 1. The molecular formula is C14H16NPS2. The zero-order chi connectivity index (χ0) is 12.5. The minimum absolute atomic E-state index is 0.181. The molecule has 0 aliphatic carbocycles. The third kappa shape index (κ3) is 2.18. The van der Waals surface area contributed by atoms with E-state index in [1.807, 2.05) is 0 Å². The van der Waals surface area contributed by atoms with Gasteiger partial charge in [0.25, 0.3) is 0 Å². The molecule has 1 aliphatic rings. The van der Waals surface area contributed by atoms with Gasteiger partial charge in [0, 0.05) is 28.3 Å². The van der Waals surface area contributed by atoms with Crippen molar-refractivity contribution in [2.45, 2.75) is 23.6 Å². The average Bonchev–Trinajstić information content (AvgIpc) is 2.41. The normalized spacial score (nSPS) is 15.5. The molecule has 1 nitrogen and oxygen atoms in total. The van der Waals surface area contributed by atoms with Crippen LogP contribution in [0.4, 0.5) is 0 Å². The monoisotopic (exact) mass is 293 g/mol. The Morgan fingerprint density at radius 3 is 2.00 bits per heavy atom. The van der Waals surface area contributed by atoms with Gasteiger partial charge in [-0.2, -0.15) is 0 Å². The van der Waals surface area contributed by atoms with Crippen molar-refractivity contribution in [1.29, 1.82) is 0 Å². The molecule has 0 amide bonds. The quantitative estimate of drug-likeness (QED) is 0.677. The van der Waals surface area contributed by atoms with Gasteiger partial charge in [-0.3, -0.25) is 4.67 Å². The maximum atomic E-state index is 2.58. The van der Waals surface area contributed by atoms with E-state index in [2.05, 4.69) is 77.7 Å². The van der Waals surface area contributed by atoms with Crippen LogP contribution in [0.5, 0.6) is 0 Å². The second kappa shape index (κ2) is 5.42. The van der Waals surface area contributed by atoms with Gasteiger partial charge in [-0.15, -0.1) is 0 Å². The molecule has 2 aromatic carbocycles. The Morgan fingerprint density at radius 1 is 0.944 bits per heavy atom. The topological polar surface area (TPSA) is 3.24 Å². The van der Waals surface area contributed by atoms with Crippen molar-refractivity contribution in [2.24, 2.45) is 0 Å². The van der Waals surface area contributed by atoms with Crippen molar-refractivity contribution in [3.05, 3.63) is 36.4 Å². The predicted molar refractivity (Wildman–Crippen MR) is 85.5 cm³/mol. The van der Waals surface area contributed by atoms with Gasteiger partial charge in [0.1, 0.15) is 0 Å². The van der Waals surface area contributed by atoms with Crippen LogP contribution >= 0.6 is 29.2 Å². The molecule has 0 unspecified atom stereocenters. The maximum Gasteiger partial charge on any atom is 0.0974 e. The minimum Gasteiger partial charge on any atom is -0.265 e. The molecule has 94 valence electrons. The van der Waals surface area contributed by atoms with E-state index in [1.54, 1.807) is 0 Å². The standard InChI is InChI=1S/C14H16NPS2/c1-3-15(4-2)16-17-12-9-5-7-11-8-6-10-13(18-16)14(11)12/h5-10H,3-4H2,1-2H3. The van der Waals surface area contributed by atoms with E-state index in [-0.39, 0.29) is 6.48 Å². The third-order valence-electron chi connectivity index (χ3n) is 3.14. The Labute approximate surface area is 118 Å². The summed E-state index contributed by atoms with van der Waals surface area (Å²) in [6.45, 7) is 6.61. The van der Waals surface area contributed by atoms with Crippen molar-refractivity contribution in [3.63, 3.8) is 0 Å². The smallest absolute Gasteiger partial charge is 0.0974 e. The largest absolute Gasteiger partial charge is 0.265 e. The first kappa shape index (κ1) is 12.8. The summed E-state index contributed by atoms with van der Waals surface area (Å²) in [5.41, 5.74) is 0. The van der Waals surface area contributed by atoms with E-state index < -0.39 is 0 Å². The van der Waals surface area contributed by atoms with E-state index in [4.69, 9.17) is 0 Å². The summed E-state index contributed by atoms with van der Waals surface area (Å²) in [5.74, 6) is 0. The van der Waals surface area contributed by atoms with Gasteiger partial charge in [-0.1, -0.05) is 60.9 Å². The first-order valence-corrected chi connectivity index (χ1v) is 10.4. The summed E-state index contributed by atoms with van der Waals surface area (Å²) >= 11 is 4.12. The SMILES string of the molecule is CCN(CC)P1Sc2cccc3cccc(c23)S1. The summed E-state index contributed by atoms with van der Waals surface area (Å²) < 4.78 is 2.58. The summed E-state index contributed by atoms with van der Waals surface area (Å²) in [5, 5.41) is 2.83. The fourth-order valence-electron chi connectivity index (χ4n) is 2.18. The first-order chi connectivity index (χ1) is 8.83. The Hall–Kier alpha value is -0.210. The van der Waals surface area contributed by atoms with Crippen molar-refractivity contribution in [2.75, 3.05) is 13.1 Å². The maximum absolute atomic E-state index is 2.58. The molecule has 0 radical (unpaired) electrons. The van der Waals surface area contributed by atoms with Gasteiger partial charge in [0.2, 0.25) is 0 Å². The van der Waals surface area contributed by atoms with E-state index in [1.165, 1.54) is 20.6 Å². The first-order valence-electron chi connectivity index (χ1n) is 6.26. The highest BCUT2D eigenvalue weighted by molar-refractivity contribution is 8.87. The second-order valence-electron chi connectivity index (χ2n) is 4.17. The van der Waals surface area contributed by atoms with Crippen molar-refractivity contribution in [3.8, 4) is 0 Å². The van der Waals surface area contributed by atoms with Crippen LogP contribution in [0, 0.1) is 0 Å². The van der Waals surface area contributed by atoms with Gasteiger partial charge < -0.3 is 0 Å². The van der Waals surface area contributed by atoms with Gasteiger partial charge >= 0.3 is 0 Å². The van der Waals surface area contributed by atoms with Gasteiger partial charge in [0.15, 0.2) is 0 Å². The van der Waals surface area contributed by atoms with E-state index in [0.717, 1.165) is 13.1 Å². The molecule has 0 N–H and O–H groups in total. The molecule has 1 aliphatic heterocycles. The Bertz CT molecular complexity index is 528. The highest BCUT2D eigenvalue weighted by Gasteiger charge is 2.25. The zero-order valence-electron chi connectivity index (χ0n) is 10.6. The minimum atomic E-state index is -0.181. The Morgan fingerprint density at radius 2 is 1.50 bits per heavy atom. The lowest BCUT2D eigenvalue weighted by Crippen LogP contribution is -2.14. The summed E-state index contributed by atoms with van der Waals surface area (Å²) in [6, 6.07) is 13.3. The molecule has 0 fully saturated rings. The zero-order valence-corrected chi connectivity index (χ0v) is 13.1. The number of rotatable bonds is 3. The van der Waals surface area contributed by atoms with Crippen LogP contribution in [0.15, 0.2) is 46.2 Å². The highest BCUT2D eigenvalue weighted by Crippen LogP contribution is 2.72. The third-order valence-corrected chi connectivity index (χ3v) is 10.4. The highest BCUT2D eigenvalue weighted by atomic mass is 33.1. The van der Waals surface area contributed by atoms with Gasteiger partial charge in [-0.05, 0) is 17.5 Å². The molecule has 1 heterocycles. The van der Waals surface area contributed by atoms with Crippen LogP contribution in [0.1, 0.15) is 13.8 Å². The van der Waals surface area contributed by atoms with Crippen LogP contribution < -0.4 is 0 Å². The van der Waals surface area contributed by atoms with Crippen LogP contribution in [-0.2, 0) is 0 Å². The number of hydrogen-bond donors (Lipinski definition) is 0. The van der Waals surface area contributed by atoms with Crippen molar-refractivity contribution < 1.29 is 0 Å². The van der Waals surface area contributed by atoms with Crippen LogP contribution in [0.2, 0.25) is 0 Å². The summed E-state index contributed by atoms with van der Waals surface area (Å²) in [6.07, 6.45) is 0. The van der Waals surface area contributed by atoms with Crippen LogP contribution in [0.25, 0.3) is 10.8 Å².